The van der Waals surface area contributed by atoms with Crippen molar-refractivity contribution in [2.45, 2.75) is 51.1 Å². The third-order valence-corrected chi connectivity index (χ3v) is 2.95. The maximum absolute atomic E-state index is 11.6. The van der Waals surface area contributed by atoms with Crippen LogP contribution in [0.5, 0.6) is 0 Å². The van der Waals surface area contributed by atoms with E-state index < -0.39 is 6.03 Å². The van der Waals surface area contributed by atoms with Crippen LogP contribution in [0.25, 0.3) is 0 Å². The van der Waals surface area contributed by atoms with Crippen molar-refractivity contribution < 1.29 is 9.59 Å². The Bertz CT molecular complexity index is 250. The number of hydrogen-bond acceptors (Lipinski definition) is 3. The molecule has 1 rings (SSSR count). The zero-order valence-corrected chi connectivity index (χ0v) is 10.0. The van der Waals surface area contributed by atoms with Gasteiger partial charge in [-0.1, -0.05) is 19.3 Å². The second kappa shape index (κ2) is 6.48. The van der Waals surface area contributed by atoms with Gasteiger partial charge in [0.1, 0.15) is 0 Å². The first kappa shape index (κ1) is 13.0. The first-order valence-electron chi connectivity index (χ1n) is 5.92. The highest BCUT2D eigenvalue weighted by Gasteiger charge is 2.20. The topological polar surface area (TPSA) is 70.2 Å². The lowest BCUT2D eigenvalue weighted by atomic mass is 9.95. The molecule has 0 bridgehead atoms. The average molecular weight is 227 g/mol. The third kappa shape index (κ3) is 4.18. The Hall–Kier alpha value is -1.10. The molecule has 1 unspecified atom stereocenters. The lowest BCUT2D eigenvalue weighted by Crippen LogP contribution is -2.50. The number of rotatable bonds is 3. The molecular weight excluding hydrogens is 206 g/mol. The zero-order chi connectivity index (χ0) is 12.0. The molecule has 0 aromatic rings. The van der Waals surface area contributed by atoms with Crippen LogP contribution in [0.3, 0.4) is 0 Å². The van der Waals surface area contributed by atoms with Crippen LogP contribution in [-0.2, 0) is 4.79 Å². The van der Waals surface area contributed by atoms with Crippen LogP contribution in [0.2, 0.25) is 0 Å². The second-order valence-electron chi connectivity index (χ2n) is 4.29. The Balaban J connectivity index is 2.29. The van der Waals surface area contributed by atoms with Gasteiger partial charge in [-0.2, -0.15) is 0 Å². The Kier molecular flexibility index (Phi) is 5.25. The van der Waals surface area contributed by atoms with E-state index in [1.54, 1.807) is 6.92 Å². The molecule has 1 aliphatic carbocycles. The largest absolute Gasteiger partial charge is 0.341 e. The van der Waals surface area contributed by atoms with Crippen molar-refractivity contribution in [2.75, 3.05) is 7.05 Å². The van der Waals surface area contributed by atoms with Gasteiger partial charge in [-0.3, -0.25) is 10.1 Å². The van der Waals surface area contributed by atoms with Crippen LogP contribution in [0.1, 0.15) is 39.0 Å². The van der Waals surface area contributed by atoms with Gasteiger partial charge in [-0.15, -0.1) is 0 Å². The molecule has 0 spiro atoms. The Morgan fingerprint density at radius 1 is 1.19 bits per heavy atom. The quantitative estimate of drug-likeness (QED) is 0.666. The molecule has 92 valence electrons. The summed E-state index contributed by atoms with van der Waals surface area (Å²) in [4.78, 5) is 22.5. The summed E-state index contributed by atoms with van der Waals surface area (Å²) >= 11 is 0. The van der Waals surface area contributed by atoms with Crippen LogP contribution >= 0.6 is 0 Å². The SMILES string of the molecule is CNC(=O)NC(=O)C(C)NC1CCCCC1. The lowest BCUT2D eigenvalue weighted by Gasteiger charge is -2.25. The van der Waals surface area contributed by atoms with E-state index in [1.165, 1.54) is 26.3 Å². The number of carbonyl (C=O) groups is 2. The predicted molar refractivity (Wildman–Crippen MR) is 62.1 cm³/mol. The van der Waals surface area contributed by atoms with E-state index >= 15 is 0 Å². The molecule has 3 amide bonds. The molecule has 3 N–H and O–H groups in total. The van der Waals surface area contributed by atoms with E-state index in [4.69, 9.17) is 0 Å². The van der Waals surface area contributed by atoms with E-state index in [0.717, 1.165) is 12.8 Å². The van der Waals surface area contributed by atoms with E-state index in [1.807, 2.05) is 0 Å². The lowest BCUT2D eigenvalue weighted by molar-refractivity contribution is -0.121. The number of hydrogen-bond donors (Lipinski definition) is 3. The van der Waals surface area contributed by atoms with Crippen LogP contribution < -0.4 is 16.0 Å². The molecule has 1 aliphatic rings. The van der Waals surface area contributed by atoms with E-state index in [2.05, 4.69) is 16.0 Å². The fraction of sp³-hybridized carbons (Fsp3) is 0.818. The number of imide groups is 1. The molecule has 0 aliphatic heterocycles. The van der Waals surface area contributed by atoms with Crippen molar-refractivity contribution in [3.05, 3.63) is 0 Å². The summed E-state index contributed by atoms with van der Waals surface area (Å²) in [6.07, 6.45) is 5.98. The van der Waals surface area contributed by atoms with E-state index in [9.17, 15) is 9.59 Å². The monoisotopic (exact) mass is 227 g/mol. The van der Waals surface area contributed by atoms with Gasteiger partial charge in [0.05, 0.1) is 6.04 Å². The summed E-state index contributed by atoms with van der Waals surface area (Å²) < 4.78 is 0. The molecular formula is C11H21N3O2. The highest BCUT2D eigenvalue weighted by atomic mass is 16.2. The molecule has 5 nitrogen and oxygen atoms in total. The molecule has 0 aromatic heterocycles. The van der Waals surface area contributed by atoms with Gasteiger partial charge in [0, 0.05) is 13.1 Å². The van der Waals surface area contributed by atoms with Crippen LogP contribution in [-0.4, -0.2) is 31.1 Å². The zero-order valence-electron chi connectivity index (χ0n) is 10.0. The van der Waals surface area contributed by atoms with E-state index in [-0.39, 0.29) is 11.9 Å². The first-order chi connectivity index (χ1) is 7.63. The Morgan fingerprint density at radius 3 is 2.38 bits per heavy atom. The fourth-order valence-corrected chi connectivity index (χ4v) is 1.98. The van der Waals surface area contributed by atoms with Crippen molar-refractivity contribution in [2.24, 2.45) is 0 Å². The van der Waals surface area contributed by atoms with Gasteiger partial charge < -0.3 is 10.6 Å². The molecule has 16 heavy (non-hydrogen) atoms. The summed E-state index contributed by atoms with van der Waals surface area (Å²) in [5, 5.41) is 7.88. The molecule has 1 saturated carbocycles. The van der Waals surface area contributed by atoms with E-state index in [0.29, 0.717) is 6.04 Å². The van der Waals surface area contributed by atoms with Crippen molar-refractivity contribution in [3.63, 3.8) is 0 Å². The fourth-order valence-electron chi connectivity index (χ4n) is 1.98. The molecule has 5 heteroatoms. The standard InChI is InChI=1S/C11H21N3O2/c1-8(10(15)14-11(16)12-2)13-9-6-4-3-5-7-9/h8-9,13H,3-7H2,1-2H3,(H2,12,14,15,16). The maximum Gasteiger partial charge on any atom is 0.321 e. The van der Waals surface area contributed by atoms with Crippen LogP contribution in [0, 0.1) is 0 Å². The molecule has 0 heterocycles. The summed E-state index contributed by atoms with van der Waals surface area (Å²) in [5.74, 6) is -0.273. The molecule has 0 saturated heterocycles. The van der Waals surface area contributed by atoms with Gasteiger partial charge in [-0.05, 0) is 19.8 Å². The summed E-state index contributed by atoms with van der Waals surface area (Å²) in [6, 6.07) is -0.359. The number of nitrogens with one attached hydrogen (secondary N) is 3. The van der Waals surface area contributed by atoms with Crippen molar-refractivity contribution in [3.8, 4) is 0 Å². The molecule has 0 radical (unpaired) electrons. The van der Waals surface area contributed by atoms with Crippen molar-refractivity contribution in [1.82, 2.24) is 16.0 Å². The maximum atomic E-state index is 11.6. The van der Waals surface area contributed by atoms with Crippen LogP contribution in [0.4, 0.5) is 4.79 Å². The van der Waals surface area contributed by atoms with Gasteiger partial charge >= 0.3 is 6.03 Å². The summed E-state index contributed by atoms with van der Waals surface area (Å²) in [6.45, 7) is 1.78. The number of carbonyl (C=O) groups excluding carboxylic acids is 2. The first-order valence-corrected chi connectivity index (χ1v) is 5.92. The van der Waals surface area contributed by atoms with Gasteiger partial charge in [0.25, 0.3) is 0 Å². The number of amides is 3. The molecule has 1 fully saturated rings. The van der Waals surface area contributed by atoms with Gasteiger partial charge in [-0.25, -0.2) is 4.79 Å². The minimum Gasteiger partial charge on any atom is -0.341 e. The third-order valence-electron chi connectivity index (χ3n) is 2.95. The molecule has 1 atom stereocenters. The Morgan fingerprint density at radius 2 is 1.81 bits per heavy atom. The minimum atomic E-state index is -0.456. The van der Waals surface area contributed by atoms with Gasteiger partial charge in [0.2, 0.25) is 5.91 Å². The molecule has 0 aromatic carbocycles. The minimum absolute atomic E-state index is 0.273. The highest BCUT2D eigenvalue weighted by Crippen LogP contribution is 2.17. The summed E-state index contributed by atoms with van der Waals surface area (Å²) in [5.41, 5.74) is 0. The normalized spacial score (nSPS) is 18.9. The van der Waals surface area contributed by atoms with Crippen molar-refractivity contribution >= 4 is 11.9 Å². The predicted octanol–water partition coefficient (Wildman–Crippen LogP) is 0.753. The van der Waals surface area contributed by atoms with Crippen molar-refractivity contribution in [1.29, 1.82) is 0 Å². The van der Waals surface area contributed by atoms with Crippen LogP contribution in [0.15, 0.2) is 0 Å². The highest BCUT2D eigenvalue weighted by molar-refractivity contribution is 5.96. The Labute approximate surface area is 96.4 Å². The summed E-state index contributed by atoms with van der Waals surface area (Å²) in [7, 11) is 1.49. The smallest absolute Gasteiger partial charge is 0.321 e. The number of urea groups is 1. The van der Waals surface area contributed by atoms with Gasteiger partial charge in [0.15, 0.2) is 0 Å². The average Bonchev–Trinajstić information content (AvgIpc) is 2.30. The second-order valence-corrected chi connectivity index (χ2v) is 4.29.